The molecule has 0 aliphatic carbocycles. The molecule has 1 N–H and O–H groups in total. The molecule has 0 radical (unpaired) electrons. The number of halogens is 1. The lowest BCUT2D eigenvalue weighted by Gasteiger charge is -2.03. The Morgan fingerprint density at radius 3 is 2.79 bits per heavy atom. The maximum Gasteiger partial charge on any atom is 0.0684 e. The van der Waals surface area contributed by atoms with Gasteiger partial charge in [0, 0.05) is 10.0 Å². The molecule has 2 aromatic rings. The molecule has 74 valence electrons. The van der Waals surface area contributed by atoms with E-state index in [1.54, 1.807) is 11.3 Å². The minimum atomic E-state index is 0.128. The minimum absolute atomic E-state index is 0.128. The number of benzene rings is 1. The van der Waals surface area contributed by atoms with E-state index in [1.165, 1.54) is 21.2 Å². The predicted molar refractivity (Wildman–Crippen MR) is 65.1 cm³/mol. The highest BCUT2D eigenvalue weighted by Crippen LogP contribution is 2.31. The monoisotopic (exact) mass is 270 g/mol. The van der Waals surface area contributed by atoms with Crippen LogP contribution in [0.15, 0.2) is 17.5 Å². The number of hydrogen-bond donors (Lipinski definition) is 1. The van der Waals surface area contributed by atoms with Gasteiger partial charge in [0.15, 0.2) is 0 Å². The first-order valence-electron chi connectivity index (χ1n) is 4.43. The van der Waals surface area contributed by atoms with Crippen LogP contribution in [0.4, 0.5) is 0 Å². The molecule has 0 unspecified atom stereocenters. The number of thiophene rings is 1. The Labute approximate surface area is 95.5 Å². The molecule has 0 fully saturated rings. The molecule has 0 saturated carbocycles. The molecule has 0 spiro atoms. The van der Waals surface area contributed by atoms with Crippen molar-refractivity contribution in [2.75, 3.05) is 0 Å². The maximum absolute atomic E-state index is 9.14. The highest BCUT2D eigenvalue weighted by Gasteiger charge is 2.07. The Morgan fingerprint density at radius 2 is 2.14 bits per heavy atom. The molecule has 0 aliphatic heterocycles. The van der Waals surface area contributed by atoms with Crippen molar-refractivity contribution in [3.8, 4) is 0 Å². The first kappa shape index (κ1) is 10.1. The van der Waals surface area contributed by atoms with Crippen LogP contribution in [0, 0.1) is 6.92 Å². The molecule has 1 nitrogen and oxygen atoms in total. The zero-order valence-electron chi connectivity index (χ0n) is 7.88. The van der Waals surface area contributed by atoms with Crippen LogP contribution in [-0.2, 0) is 11.9 Å². The van der Waals surface area contributed by atoms with E-state index in [2.05, 4.69) is 34.3 Å². The molecule has 3 heteroatoms. The molecule has 1 aromatic carbocycles. The summed E-state index contributed by atoms with van der Waals surface area (Å²) in [5.41, 5.74) is 3.57. The zero-order chi connectivity index (χ0) is 10.1. The first-order valence-corrected chi connectivity index (χ1v) is 6.43. The van der Waals surface area contributed by atoms with Crippen LogP contribution >= 0.6 is 27.3 Å². The lowest BCUT2D eigenvalue weighted by atomic mass is 10.1. The highest BCUT2D eigenvalue weighted by molar-refractivity contribution is 9.08. The van der Waals surface area contributed by atoms with Gasteiger partial charge in [0.05, 0.1) is 6.61 Å². The van der Waals surface area contributed by atoms with Crippen molar-refractivity contribution in [3.05, 3.63) is 34.2 Å². The van der Waals surface area contributed by atoms with Gasteiger partial charge in [-0.15, -0.1) is 11.3 Å². The van der Waals surface area contributed by atoms with Crippen LogP contribution in [0.2, 0.25) is 0 Å². The number of fused-ring (bicyclic) bond motifs is 1. The van der Waals surface area contributed by atoms with Gasteiger partial charge in [-0.25, -0.2) is 0 Å². The van der Waals surface area contributed by atoms with E-state index >= 15 is 0 Å². The van der Waals surface area contributed by atoms with Crippen LogP contribution in [0.25, 0.3) is 10.1 Å². The molecular weight excluding hydrogens is 260 g/mol. The van der Waals surface area contributed by atoms with Crippen molar-refractivity contribution in [2.24, 2.45) is 0 Å². The Balaban J connectivity index is 2.72. The second-order valence-electron chi connectivity index (χ2n) is 3.28. The van der Waals surface area contributed by atoms with Crippen LogP contribution in [0.3, 0.4) is 0 Å². The SMILES string of the molecule is Cc1c(CO)ccc2c(CBr)csc12. The molecule has 0 aliphatic rings. The molecule has 2 rings (SSSR count). The highest BCUT2D eigenvalue weighted by atomic mass is 79.9. The molecular formula is C11H11BrOS. The Hall–Kier alpha value is -0.380. The maximum atomic E-state index is 9.14. The van der Waals surface area contributed by atoms with Crippen LogP contribution < -0.4 is 0 Å². The number of alkyl halides is 1. The van der Waals surface area contributed by atoms with Gasteiger partial charge in [0.1, 0.15) is 0 Å². The van der Waals surface area contributed by atoms with Crippen molar-refractivity contribution in [3.63, 3.8) is 0 Å². The summed E-state index contributed by atoms with van der Waals surface area (Å²) in [5, 5.41) is 13.5. The summed E-state index contributed by atoms with van der Waals surface area (Å²) in [6.07, 6.45) is 0. The second kappa shape index (κ2) is 4.01. The van der Waals surface area contributed by atoms with E-state index in [0.29, 0.717) is 0 Å². The topological polar surface area (TPSA) is 20.2 Å². The van der Waals surface area contributed by atoms with Gasteiger partial charge in [0.25, 0.3) is 0 Å². The van der Waals surface area contributed by atoms with Crippen LogP contribution in [-0.4, -0.2) is 5.11 Å². The normalized spacial score (nSPS) is 11.1. The summed E-state index contributed by atoms with van der Waals surface area (Å²) in [6.45, 7) is 2.20. The van der Waals surface area contributed by atoms with Crippen molar-refractivity contribution in [1.82, 2.24) is 0 Å². The number of aryl methyl sites for hydroxylation is 1. The van der Waals surface area contributed by atoms with E-state index in [0.717, 1.165) is 10.9 Å². The number of rotatable bonds is 2. The van der Waals surface area contributed by atoms with Crippen molar-refractivity contribution >= 4 is 37.4 Å². The van der Waals surface area contributed by atoms with E-state index in [1.807, 2.05) is 6.07 Å². The first-order chi connectivity index (χ1) is 6.77. The van der Waals surface area contributed by atoms with Crippen molar-refractivity contribution in [1.29, 1.82) is 0 Å². The molecule has 0 bridgehead atoms. The van der Waals surface area contributed by atoms with Gasteiger partial charge in [-0.1, -0.05) is 28.1 Å². The van der Waals surface area contributed by atoms with Crippen LogP contribution in [0.1, 0.15) is 16.7 Å². The minimum Gasteiger partial charge on any atom is -0.392 e. The van der Waals surface area contributed by atoms with Gasteiger partial charge in [-0.3, -0.25) is 0 Å². The van der Waals surface area contributed by atoms with Gasteiger partial charge in [-0.05, 0) is 34.4 Å². The molecule has 0 amide bonds. The summed E-state index contributed by atoms with van der Waals surface area (Å²) >= 11 is 5.23. The largest absolute Gasteiger partial charge is 0.392 e. The van der Waals surface area contributed by atoms with Crippen molar-refractivity contribution < 1.29 is 5.11 Å². The van der Waals surface area contributed by atoms with E-state index in [9.17, 15) is 0 Å². The zero-order valence-corrected chi connectivity index (χ0v) is 10.3. The predicted octanol–water partition coefficient (Wildman–Crippen LogP) is 3.60. The third kappa shape index (κ3) is 1.49. The Kier molecular flexibility index (Phi) is 2.91. The molecule has 1 aromatic heterocycles. The average molecular weight is 271 g/mol. The molecule has 1 heterocycles. The molecule has 0 saturated heterocycles. The van der Waals surface area contributed by atoms with E-state index in [-0.39, 0.29) is 6.61 Å². The summed E-state index contributed by atoms with van der Waals surface area (Å²) in [7, 11) is 0. The molecule has 0 atom stereocenters. The van der Waals surface area contributed by atoms with Crippen molar-refractivity contribution in [2.45, 2.75) is 18.9 Å². The fourth-order valence-corrected chi connectivity index (χ4v) is 3.39. The second-order valence-corrected chi connectivity index (χ2v) is 4.72. The fraction of sp³-hybridized carbons (Fsp3) is 0.273. The van der Waals surface area contributed by atoms with Gasteiger partial charge >= 0.3 is 0 Å². The number of aliphatic hydroxyl groups excluding tert-OH is 1. The average Bonchev–Trinajstić information content (AvgIpc) is 2.62. The summed E-state index contributed by atoms with van der Waals surface area (Å²) in [4.78, 5) is 0. The van der Waals surface area contributed by atoms with Gasteiger partial charge in [-0.2, -0.15) is 0 Å². The Morgan fingerprint density at radius 1 is 1.36 bits per heavy atom. The lowest BCUT2D eigenvalue weighted by Crippen LogP contribution is -1.88. The lowest BCUT2D eigenvalue weighted by molar-refractivity contribution is 0.281. The summed E-state index contributed by atoms with van der Waals surface area (Å²) in [5.74, 6) is 0. The standard InChI is InChI=1S/C11H11BrOS/c1-7-8(5-13)2-3-10-9(4-12)6-14-11(7)10/h2-3,6,13H,4-5H2,1H3. The third-order valence-electron chi connectivity index (χ3n) is 2.50. The van der Waals surface area contributed by atoms with E-state index < -0.39 is 0 Å². The third-order valence-corrected chi connectivity index (χ3v) is 4.27. The summed E-state index contributed by atoms with van der Waals surface area (Å²) < 4.78 is 1.30. The Bertz CT molecular complexity index is 462. The molecule has 14 heavy (non-hydrogen) atoms. The van der Waals surface area contributed by atoms with E-state index in [4.69, 9.17) is 5.11 Å². The summed E-state index contributed by atoms with van der Waals surface area (Å²) in [6, 6.07) is 4.11. The van der Waals surface area contributed by atoms with Crippen LogP contribution in [0.5, 0.6) is 0 Å². The smallest absolute Gasteiger partial charge is 0.0684 e. The number of hydrogen-bond acceptors (Lipinski definition) is 2. The quantitative estimate of drug-likeness (QED) is 0.827. The van der Waals surface area contributed by atoms with Gasteiger partial charge in [0.2, 0.25) is 0 Å². The number of aliphatic hydroxyl groups is 1. The van der Waals surface area contributed by atoms with Gasteiger partial charge < -0.3 is 5.11 Å². The fourth-order valence-electron chi connectivity index (χ4n) is 1.61.